The van der Waals surface area contributed by atoms with Gasteiger partial charge in [0.1, 0.15) is 6.54 Å². The highest BCUT2D eigenvalue weighted by molar-refractivity contribution is 8.18. The number of amides is 3. The number of imide groups is 1. The molecule has 0 bridgehead atoms. The van der Waals surface area contributed by atoms with Gasteiger partial charge in [0.15, 0.2) is 11.5 Å². The predicted octanol–water partition coefficient (Wildman–Crippen LogP) is 1.98. The van der Waals surface area contributed by atoms with Crippen molar-refractivity contribution in [2.24, 2.45) is 0 Å². The van der Waals surface area contributed by atoms with Crippen molar-refractivity contribution >= 4 is 45.7 Å². The van der Waals surface area contributed by atoms with E-state index in [9.17, 15) is 19.2 Å². The molecule has 2 aromatic carbocycles. The number of carbonyl (C=O) groups excluding carboxylic acids is 3. The number of ether oxygens (including phenoxy) is 2. The van der Waals surface area contributed by atoms with E-state index in [0.717, 1.165) is 21.3 Å². The molecule has 10 nitrogen and oxygen atoms in total. The normalized spacial score (nSPS) is 16.0. The lowest BCUT2D eigenvalue weighted by molar-refractivity contribution is -0.124. The van der Waals surface area contributed by atoms with E-state index in [-0.39, 0.29) is 36.9 Å². The van der Waals surface area contributed by atoms with Gasteiger partial charge in [0.25, 0.3) is 16.7 Å². The van der Waals surface area contributed by atoms with Crippen molar-refractivity contribution in [2.75, 3.05) is 19.9 Å². The van der Waals surface area contributed by atoms with Gasteiger partial charge in [-0.25, -0.2) is 4.68 Å². The number of hydrogen-bond donors (Lipinski definition) is 1. The molecule has 2 aliphatic rings. The number of carbonyl (C=O) groups is 3. The maximum atomic E-state index is 12.7. The fraction of sp³-hybridized carbons (Fsp3) is 0.174. The lowest BCUT2D eigenvalue weighted by Crippen LogP contribution is -2.39. The maximum absolute atomic E-state index is 12.7. The summed E-state index contributed by atoms with van der Waals surface area (Å²) >= 11 is 0.833. The first-order chi connectivity index (χ1) is 16.5. The molecule has 172 valence electrons. The minimum absolute atomic E-state index is 0.00886. The summed E-state index contributed by atoms with van der Waals surface area (Å²) in [6.45, 7) is -0.0619. The van der Waals surface area contributed by atoms with Crippen LogP contribution in [0.5, 0.6) is 11.5 Å². The predicted molar refractivity (Wildman–Crippen MR) is 124 cm³/mol. The molecule has 0 aliphatic carbocycles. The molecule has 34 heavy (non-hydrogen) atoms. The smallest absolute Gasteiger partial charge is 0.293 e. The summed E-state index contributed by atoms with van der Waals surface area (Å²) in [6, 6.07) is 12.2. The summed E-state index contributed by atoms with van der Waals surface area (Å²) in [6.07, 6.45) is 3.14. The Hall–Kier alpha value is -4.12. The number of fused-ring (bicyclic) bond motifs is 2. The van der Waals surface area contributed by atoms with Gasteiger partial charge in [-0.1, -0.05) is 24.3 Å². The van der Waals surface area contributed by atoms with Gasteiger partial charge in [0.05, 0.1) is 16.5 Å². The largest absolute Gasteiger partial charge is 0.454 e. The van der Waals surface area contributed by atoms with Crippen LogP contribution in [-0.2, 0) is 16.1 Å². The first-order valence-electron chi connectivity index (χ1n) is 10.4. The van der Waals surface area contributed by atoms with Crippen molar-refractivity contribution in [1.82, 2.24) is 20.0 Å². The van der Waals surface area contributed by atoms with Gasteiger partial charge in [0.2, 0.25) is 12.7 Å². The van der Waals surface area contributed by atoms with Crippen LogP contribution in [0.25, 0.3) is 16.8 Å². The zero-order valence-electron chi connectivity index (χ0n) is 17.7. The molecule has 0 saturated carbocycles. The van der Waals surface area contributed by atoms with Crippen LogP contribution in [-0.4, -0.2) is 51.6 Å². The van der Waals surface area contributed by atoms with Gasteiger partial charge in [-0.3, -0.25) is 24.1 Å². The van der Waals surface area contributed by atoms with E-state index in [2.05, 4.69) is 10.4 Å². The second-order valence-corrected chi connectivity index (χ2v) is 8.48. The summed E-state index contributed by atoms with van der Waals surface area (Å²) < 4.78 is 11.7. The van der Waals surface area contributed by atoms with Crippen LogP contribution in [0.2, 0.25) is 0 Å². The lowest BCUT2D eigenvalue weighted by atomic mass is 10.2. The van der Waals surface area contributed by atoms with Crippen molar-refractivity contribution in [2.45, 2.75) is 6.54 Å². The van der Waals surface area contributed by atoms with Crippen molar-refractivity contribution in [3.05, 3.63) is 69.5 Å². The average molecular weight is 478 g/mol. The highest BCUT2D eigenvalue weighted by atomic mass is 32.2. The van der Waals surface area contributed by atoms with Gasteiger partial charge in [-0.05, 0) is 41.6 Å². The van der Waals surface area contributed by atoms with Crippen molar-refractivity contribution in [1.29, 1.82) is 0 Å². The number of rotatable bonds is 6. The Morgan fingerprint density at radius 1 is 1.12 bits per heavy atom. The zero-order valence-corrected chi connectivity index (χ0v) is 18.5. The molecule has 3 heterocycles. The summed E-state index contributed by atoms with van der Waals surface area (Å²) in [4.78, 5) is 51.1. The third kappa shape index (κ3) is 4.25. The highest BCUT2D eigenvalue weighted by Crippen LogP contribution is 2.36. The van der Waals surface area contributed by atoms with Crippen molar-refractivity contribution in [3.63, 3.8) is 0 Å². The monoisotopic (exact) mass is 478 g/mol. The van der Waals surface area contributed by atoms with Crippen LogP contribution >= 0.6 is 11.8 Å². The summed E-state index contributed by atoms with van der Waals surface area (Å²) in [7, 11) is 0. The Morgan fingerprint density at radius 2 is 1.94 bits per heavy atom. The number of benzene rings is 2. The minimum Gasteiger partial charge on any atom is -0.454 e. The van der Waals surface area contributed by atoms with Gasteiger partial charge in [0, 0.05) is 18.5 Å². The van der Waals surface area contributed by atoms with E-state index in [4.69, 9.17) is 9.47 Å². The zero-order chi connectivity index (χ0) is 23.7. The van der Waals surface area contributed by atoms with E-state index >= 15 is 0 Å². The van der Waals surface area contributed by atoms with E-state index in [1.165, 1.54) is 6.20 Å². The standard InChI is InChI=1S/C23H18N4O6S/c28-20(12-27-21(29)16-4-2-1-3-15(16)11-25-27)24-7-8-26-22(30)19(34-23(26)31)10-14-5-6-17-18(9-14)33-13-32-17/h1-6,9-11H,7-8,12-13H2,(H,24,28)/b19-10-. The molecule has 1 N–H and O–H groups in total. The Kier molecular flexibility index (Phi) is 5.76. The lowest BCUT2D eigenvalue weighted by Gasteiger charge is -2.13. The molecular weight excluding hydrogens is 460 g/mol. The van der Waals surface area contributed by atoms with Gasteiger partial charge in [-0.2, -0.15) is 5.10 Å². The number of nitrogens with zero attached hydrogens (tertiary/aromatic N) is 3. The third-order valence-corrected chi connectivity index (χ3v) is 6.19. The maximum Gasteiger partial charge on any atom is 0.293 e. The highest BCUT2D eigenvalue weighted by Gasteiger charge is 2.34. The molecular formula is C23H18N4O6S. The number of nitrogens with one attached hydrogen (secondary N) is 1. The fourth-order valence-electron chi connectivity index (χ4n) is 3.59. The summed E-state index contributed by atoms with van der Waals surface area (Å²) in [5.41, 5.74) is 0.337. The van der Waals surface area contributed by atoms with Crippen LogP contribution in [0, 0.1) is 0 Å². The van der Waals surface area contributed by atoms with Crippen molar-refractivity contribution in [3.8, 4) is 11.5 Å². The van der Waals surface area contributed by atoms with Crippen molar-refractivity contribution < 1.29 is 23.9 Å². The van der Waals surface area contributed by atoms with Crippen LogP contribution < -0.4 is 20.3 Å². The molecule has 3 aromatic rings. The van der Waals surface area contributed by atoms with Crippen LogP contribution in [0.3, 0.4) is 0 Å². The van der Waals surface area contributed by atoms with Gasteiger partial charge in [-0.15, -0.1) is 0 Å². The minimum atomic E-state index is -0.451. The Labute approximate surface area is 197 Å². The molecule has 2 aliphatic heterocycles. The average Bonchev–Trinajstić information content (AvgIpc) is 3.40. The third-order valence-electron chi connectivity index (χ3n) is 5.28. The second-order valence-electron chi connectivity index (χ2n) is 7.49. The van der Waals surface area contributed by atoms with E-state index in [0.29, 0.717) is 27.8 Å². The second kappa shape index (κ2) is 9.02. The quantitative estimate of drug-likeness (QED) is 0.534. The molecule has 1 fully saturated rings. The number of thioether (sulfide) groups is 1. The fourth-order valence-corrected chi connectivity index (χ4v) is 4.45. The first kappa shape index (κ1) is 21.7. The molecule has 0 spiro atoms. The molecule has 11 heteroatoms. The number of hydrogen-bond acceptors (Lipinski definition) is 8. The molecule has 1 aromatic heterocycles. The number of aromatic nitrogens is 2. The van der Waals surface area contributed by atoms with E-state index in [1.54, 1.807) is 48.5 Å². The molecule has 5 rings (SSSR count). The Bertz CT molecular complexity index is 1420. The van der Waals surface area contributed by atoms with Crippen LogP contribution in [0.15, 0.2) is 58.4 Å². The van der Waals surface area contributed by atoms with Gasteiger partial charge >= 0.3 is 0 Å². The summed E-state index contributed by atoms with van der Waals surface area (Å²) in [5, 5.41) is 7.39. The Morgan fingerprint density at radius 3 is 2.82 bits per heavy atom. The van der Waals surface area contributed by atoms with Gasteiger partial charge < -0.3 is 14.8 Å². The molecule has 1 saturated heterocycles. The SMILES string of the molecule is O=C(Cn1ncc2ccccc2c1=O)NCCN1C(=O)S/C(=C\c2ccc3c(c2)OCO3)C1=O. The molecule has 0 atom stereocenters. The van der Waals surface area contributed by atoms with E-state index < -0.39 is 17.1 Å². The van der Waals surface area contributed by atoms with Crippen LogP contribution in [0.4, 0.5) is 4.79 Å². The topological polar surface area (TPSA) is 120 Å². The molecule has 0 radical (unpaired) electrons. The van der Waals surface area contributed by atoms with E-state index in [1.807, 2.05) is 0 Å². The van der Waals surface area contributed by atoms with Crippen LogP contribution in [0.1, 0.15) is 5.56 Å². The Balaban J connectivity index is 1.18. The molecule has 0 unspecified atom stereocenters. The first-order valence-corrected chi connectivity index (χ1v) is 11.2. The molecule has 3 amide bonds. The summed E-state index contributed by atoms with van der Waals surface area (Å²) in [5.74, 6) is 0.319.